The number of likely N-dealkylation sites (tertiary alicyclic amines) is 1. The maximum atomic E-state index is 12.2. The number of nitrogens with zero attached hydrogens (tertiary/aromatic N) is 3. The first-order valence-corrected chi connectivity index (χ1v) is 7.22. The van der Waals surface area contributed by atoms with Crippen molar-refractivity contribution in [3.8, 4) is 0 Å². The summed E-state index contributed by atoms with van der Waals surface area (Å²) in [4.78, 5) is 20.7. The standard InChI is InChI=1S/C14H20N4OS/c1-17(8-9-18-6-2-3-7-18)14(19)12-5-4-11(10-16-12)13(15)20/h4-5,10H,2-3,6-9H2,1H3,(H2,15,20). The predicted octanol–water partition coefficient (Wildman–Crippen LogP) is 0.884. The van der Waals surface area contributed by atoms with Gasteiger partial charge in [-0.05, 0) is 38.1 Å². The lowest BCUT2D eigenvalue weighted by Crippen LogP contribution is -2.35. The molecule has 6 heteroatoms. The molecule has 0 saturated carbocycles. The number of pyridine rings is 1. The first kappa shape index (κ1) is 14.9. The van der Waals surface area contributed by atoms with Crippen LogP contribution in [0, 0.1) is 0 Å². The fourth-order valence-corrected chi connectivity index (χ4v) is 2.38. The Morgan fingerprint density at radius 3 is 2.70 bits per heavy atom. The Bertz CT molecular complexity index is 482. The number of carbonyl (C=O) groups excluding carboxylic acids is 1. The smallest absolute Gasteiger partial charge is 0.272 e. The number of likely N-dealkylation sites (N-methyl/N-ethyl adjacent to an activating group) is 1. The molecule has 0 aromatic carbocycles. The molecule has 1 aromatic heterocycles. The summed E-state index contributed by atoms with van der Waals surface area (Å²) < 4.78 is 0. The molecule has 2 rings (SSSR count). The fraction of sp³-hybridized carbons (Fsp3) is 0.500. The van der Waals surface area contributed by atoms with Crippen molar-refractivity contribution in [1.82, 2.24) is 14.8 Å². The molecule has 0 radical (unpaired) electrons. The Hall–Kier alpha value is -1.53. The lowest BCUT2D eigenvalue weighted by molar-refractivity contribution is 0.0776. The fourth-order valence-electron chi connectivity index (χ4n) is 2.26. The highest BCUT2D eigenvalue weighted by Gasteiger charge is 2.16. The summed E-state index contributed by atoms with van der Waals surface area (Å²) in [6.07, 6.45) is 4.07. The lowest BCUT2D eigenvalue weighted by atomic mass is 10.2. The van der Waals surface area contributed by atoms with E-state index in [1.165, 1.54) is 12.8 Å². The van der Waals surface area contributed by atoms with E-state index in [2.05, 4.69) is 9.88 Å². The molecule has 1 aliphatic rings. The van der Waals surface area contributed by atoms with Crippen molar-refractivity contribution in [3.63, 3.8) is 0 Å². The molecule has 1 amide bonds. The Morgan fingerprint density at radius 1 is 1.45 bits per heavy atom. The van der Waals surface area contributed by atoms with Crippen LogP contribution in [0.2, 0.25) is 0 Å². The van der Waals surface area contributed by atoms with Gasteiger partial charge in [-0.1, -0.05) is 12.2 Å². The largest absolute Gasteiger partial charge is 0.389 e. The molecule has 20 heavy (non-hydrogen) atoms. The van der Waals surface area contributed by atoms with Crippen molar-refractivity contribution < 1.29 is 4.79 Å². The summed E-state index contributed by atoms with van der Waals surface area (Å²) in [6, 6.07) is 3.40. The summed E-state index contributed by atoms with van der Waals surface area (Å²) >= 11 is 4.86. The average molecular weight is 292 g/mol. The van der Waals surface area contributed by atoms with Crippen molar-refractivity contribution in [1.29, 1.82) is 0 Å². The topological polar surface area (TPSA) is 62.5 Å². The Balaban J connectivity index is 1.90. The van der Waals surface area contributed by atoms with E-state index in [1.807, 2.05) is 7.05 Å². The van der Waals surface area contributed by atoms with Gasteiger partial charge in [-0.25, -0.2) is 0 Å². The van der Waals surface area contributed by atoms with Crippen LogP contribution in [0.15, 0.2) is 18.3 Å². The van der Waals surface area contributed by atoms with Gasteiger partial charge in [0.2, 0.25) is 0 Å². The van der Waals surface area contributed by atoms with Crippen LogP contribution >= 0.6 is 12.2 Å². The second kappa shape index (κ2) is 6.76. The molecule has 1 aromatic rings. The normalized spacial score (nSPS) is 15.2. The summed E-state index contributed by atoms with van der Waals surface area (Å²) in [6.45, 7) is 3.93. The van der Waals surface area contributed by atoms with Crippen LogP contribution in [0.5, 0.6) is 0 Å². The molecule has 1 aliphatic heterocycles. The molecule has 1 fully saturated rings. The van der Waals surface area contributed by atoms with E-state index < -0.39 is 0 Å². The van der Waals surface area contributed by atoms with E-state index in [-0.39, 0.29) is 5.91 Å². The number of amides is 1. The molecule has 0 aliphatic carbocycles. The first-order chi connectivity index (χ1) is 9.58. The van der Waals surface area contributed by atoms with Gasteiger partial charge < -0.3 is 15.5 Å². The Kier molecular flexibility index (Phi) is 5.03. The van der Waals surface area contributed by atoms with Crippen molar-refractivity contribution in [3.05, 3.63) is 29.6 Å². The van der Waals surface area contributed by atoms with Crippen molar-refractivity contribution in [2.75, 3.05) is 33.2 Å². The van der Waals surface area contributed by atoms with Gasteiger partial charge in [0.15, 0.2) is 0 Å². The minimum atomic E-state index is -0.0707. The Morgan fingerprint density at radius 2 is 2.15 bits per heavy atom. The molecule has 2 N–H and O–H groups in total. The highest BCUT2D eigenvalue weighted by Crippen LogP contribution is 2.08. The van der Waals surface area contributed by atoms with Crippen molar-refractivity contribution >= 4 is 23.1 Å². The first-order valence-electron chi connectivity index (χ1n) is 6.81. The van der Waals surface area contributed by atoms with Crippen LogP contribution in [-0.4, -0.2) is 58.9 Å². The van der Waals surface area contributed by atoms with Gasteiger partial charge in [0.1, 0.15) is 10.7 Å². The van der Waals surface area contributed by atoms with E-state index in [0.717, 1.165) is 26.2 Å². The van der Waals surface area contributed by atoms with E-state index in [4.69, 9.17) is 18.0 Å². The summed E-state index contributed by atoms with van der Waals surface area (Å²) in [5.74, 6) is -0.0707. The summed E-state index contributed by atoms with van der Waals surface area (Å²) in [7, 11) is 1.81. The molecular formula is C14H20N4OS. The van der Waals surface area contributed by atoms with Gasteiger partial charge in [-0.2, -0.15) is 0 Å². The molecule has 0 bridgehead atoms. The predicted molar refractivity (Wildman–Crippen MR) is 82.8 cm³/mol. The van der Waals surface area contributed by atoms with Crippen molar-refractivity contribution in [2.24, 2.45) is 5.73 Å². The van der Waals surface area contributed by atoms with Gasteiger partial charge in [0.05, 0.1) is 0 Å². The van der Waals surface area contributed by atoms with Crippen LogP contribution in [0.25, 0.3) is 0 Å². The zero-order valence-electron chi connectivity index (χ0n) is 11.7. The summed E-state index contributed by atoms with van der Waals surface area (Å²) in [5.41, 5.74) is 6.61. The van der Waals surface area contributed by atoms with E-state index in [0.29, 0.717) is 16.2 Å². The molecular weight excluding hydrogens is 272 g/mol. The molecule has 2 heterocycles. The zero-order valence-corrected chi connectivity index (χ0v) is 12.5. The number of carbonyl (C=O) groups is 1. The molecule has 0 unspecified atom stereocenters. The van der Waals surface area contributed by atoms with Gasteiger partial charge in [0, 0.05) is 31.9 Å². The van der Waals surface area contributed by atoms with Gasteiger partial charge >= 0.3 is 0 Å². The Labute approximate surface area is 124 Å². The van der Waals surface area contributed by atoms with Gasteiger partial charge in [-0.3, -0.25) is 9.78 Å². The monoisotopic (exact) mass is 292 g/mol. The quantitative estimate of drug-likeness (QED) is 0.817. The summed E-state index contributed by atoms with van der Waals surface area (Å²) in [5, 5.41) is 0. The molecule has 5 nitrogen and oxygen atoms in total. The number of thiocarbonyl (C=S) groups is 1. The molecule has 108 valence electrons. The molecule has 1 saturated heterocycles. The lowest BCUT2D eigenvalue weighted by Gasteiger charge is -2.21. The number of hydrogen-bond acceptors (Lipinski definition) is 4. The third-order valence-electron chi connectivity index (χ3n) is 3.56. The van der Waals surface area contributed by atoms with Gasteiger partial charge in [-0.15, -0.1) is 0 Å². The number of rotatable bonds is 5. The van der Waals surface area contributed by atoms with Crippen molar-refractivity contribution in [2.45, 2.75) is 12.8 Å². The van der Waals surface area contributed by atoms with E-state index in [9.17, 15) is 4.79 Å². The number of aromatic nitrogens is 1. The van der Waals surface area contributed by atoms with E-state index >= 15 is 0 Å². The average Bonchev–Trinajstić information content (AvgIpc) is 2.97. The van der Waals surface area contributed by atoms with Crippen LogP contribution in [-0.2, 0) is 0 Å². The van der Waals surface area contributed by atoms with Crippen LogP contribution in [0.4, 0.5) is 0 Å². The number of nitrogens with two attached hydrogens (primary N) is 1. The third kappa shape index (κ3) is 3.74. The molecule has 0 atom stereocenters. The van der Waals surface area contributed by atoms with Crippen LogP contribution in [0.3, 0.4) is 0 Å². The van der Waals surface area contributed by atoms with Gasteiger partial charge in [0.25, 0.3) is 5.91 Å². The van der Waals surface area contributed by atoms with Crippen LogP contribution < -0.4 is 5.73 Å². The highest BCUT2D eigenvalue weighted by molar-refractivity contribution is 7.80. The maximum absolute atomic E-state index is 12.2. The minimum absolute atomic E-state index is 0.0707. The van der Waals surface area contributed by atoms with E-state index in [1.54, 1.807) is 23.2 Å². The highest BCUT2D eigenvalue weighted by atomic mass is 32.1. The molecule has 0 spiro atoms. The minimum Gasteiger partial charge on any atom is -0.389 e. The second-order valence-electron chi connectivity index (χ2n) is 5.07. The maximum Gasteiger partial charge on any atom is 0.272 e. The zero-order chi connectivity index (χ0) is 14.5. The van der Waals surface area contributed by atoms with Crippen LogP contribution in [0.1, 0.15) is 28.9 Å². The third-order valence-corrected chi connectivity index (χ3v) is 3.80. The second-order valence-corrected chi connectivity index (χ2v) is 5.51. The SMILES string of the molecule is CN(CCN1CCCC1)C(=O)c1ccc(C(N)=S)cn1. The number of hydrogen-bond donors (Lipinski definition) is 1.